The maximum Gasteiger partial charge on any atom is -0.0227 e. The van der Waals surface area contributed by atoms with Crippen LogP contribution in [0.5, 0.6) is 0 Å². The summed E-state index contributed by atoms with van der Waals surface area (Å²) >= 11 is 0. The van der Waals surface area contributed by atoms with Crippen LogP contribution in [-0.2, 0) is 0 Å². The Labute approximate surface area is 117 Å². The van der Waals surface area contributed by atoms with Crippen molar-refractivity contribution >= 4 is 12.2 Å². The third-order valence-corrected chi connectivity index (χ3v) is 2.89. The summed E-state index contributed by atoms with van der Waals surface area (Å²) in [5.41, 5.74) is 6.49. The Balaban J connectivity index is 0.000000861. The summed E-state index contributed by atoms with van der Waals surface area (Å²) in [6.07, 6.45) is 4.37. The predicted octanol–water partition coefficient (Wildman–Crippen LogP) is 5.81. The Morgan fingerprint density at radius 3 is 1.89 bits per heavy atom. The molecule has 0 saturated carbocycles. The lowest BCUT2D eigenvalue weighted by atomic mass is 10.0. The molecule has 0 saturated heterocycles. The summed E-state index contributed by atoms with van der Waals surface area (Å²) < 4.78 is 0. The highest BCUT2D eigenvalue weighted by atomic mass is 14.0. The second kappa shape index (κ2) is 7.58. The van der Waals surface area contributed by atoms with Gasteiger partial charge in [-0.1, -0.05) is 79.6 Å². The zero-order chi connectivity index (χ0) is 14.3. The Morgan fingerprint density at radius 1 is 0.737 bits per heavy atom. The molecule has 0 aliphatic heterocycles. The van der Waals surface area contributed by atoms with Crippen molar-refractivity contribution in [3.8, 4) is 0 Å². The van der Waals surface area contributed by atoms with Gasteiger partial charge in [0, 0.05) is 0 Å². The van der Waals surface area contributed by atoms with Crippen LogP contribution in [0.15, 0.2) is 42.5 Å². The van der Waals surface area contributed by atoms with E-state index < -0.39 is 0 Å². The van der Waals surface area contributed by atoms with Crippen molar-refractivity contribution in [1.29, 1.82) is 0 Å². The van der Waals surface area contributed by atoms with Crippen LogP contribution in [0.2, 0.25) is 0 Å². The molecule has 0 aliphatic carbocycles. The van der Waals surface area contributed by atoms with Gasteiger partial charge in [0.1, 0.15) is 0 Å². The van der Waals surface area contributed by atoms with Crippen molar-refractivity contribution in [2.24, 2.45) is 0 Å². The maximum absolute atomic E-state index is 2.21. The van der Waals surface area contributed by atoms with Crippen molar-refractivity contribution < 1.29 is 0 Å². The molecule has 0 aromatic heterocycles. The molecule has 0 spiro atoms. The highest BCUT2D eigenvalue weighted by molar-refractivity contribution is 5.71. The average molecular weight is 252 g/mol. The van der Waals surface area contributed by atoms with Crippen LogP contribution >= 0.6 is 0 Å². The normalized spacial score (nSPS) is 10.2. The molecule has 0 fully saturated rings. The smallest absolute Gasteiger partial charge is 0.0227 e. The highest BCUT2D eigenvalue weighted by Gasteiger charge is 1.94. The van der Waals surface area contributed by atoms with E-state index in [1.165, 1.54) is 27.8 Å². The van der Waals surface area contributed by atoms with Gasteiger partial charge in [0.05, 0.1) is 0 Å². The second-order valence-corrected chi connectivity index (χ2v) is 4.61. The van der Waals surface area contributed by atoms with E-state index in [4.69, 9.17) is 0 Å². The Bertz CT molecular complexity index is 527. The van der Waals surface area contributed by atoms with Crippen LogP contribution < -0.4 is 0 Å². The largest absolute Gasteiger partial charge is 0.0683 e. The van der Waals surface area contributed by atoms with Crippen LogP contribution in [0, 0.1) is 20.8 Å². The van der Waals surface area contributed by atoms with E-state index in [0.29, 0.717) is 0 Å². The van der Waals surface area contributed by atoms with E-state index >= 15 is 0 Å². The lowest BCUT2D eigenvalue weighted by Gasteiger charge is -2.01. The fourth-order valence-electron chi connectivity index (χ4n) is 2.07. The van der Waals surface area contributed by atoms with E-state index in [0.717, 1.165) is 0 Å². The molecule has 0 N–H and O–H groups in total. The van der Waals surface area contributed by atoms with E-state index in [1.807, 2.05) is 13.8 Å². The predicted molar refractivity (Wildman–Crippen MR) is 87.4 cm³/mol. The zero-order valence-electron chi connectivity index (χ0n) is 12.7. The molecular formula is C19H24. The van der Waals surface area contributed by atoms with Crippen molar-refractivity contribution in [1.82, 2.24) is 0 Å². The number of hydrogen-bond donors (Lipinski definition) is 0. The van der Waals surface area contributed by atoms with Gasteiger partial charge in [0.2, 0.25) is 0 Å². The third kappa shape index (κ3) is 4.75. The number of aryl methyl sites for hydroxylation is 3. The van der Waals surface area contributed by atoms with Gasteiger partial charge in [-0.3, -0.25) is 0 Å². The summed E-state index contributed by atoms with van der Waals surface area (Å²) in [5.74, 6) is 0. The summed E-state index contributed by atoms with van der Waals surface area (Å²) in [7, 11) is 0. The van der Waals surface area contributed by atoms with Gasteiger partial charge in [0.25, 0.3) is 0 Å². The van der Waals surface area contributed by atoms with E-state index in [9.17, 15) is 0 Å². The number of benzene rings is 2. The first-order chi connectivity index (χ1) is 9.15. The van der Waals surface area contributed by atoms with Gasteiger partial charge < -0.3 is 0 Å². The van der Waals surface area contributed by atoms with Gasteiger partial charge >= 0.3 is 0 Å². The summed E-state index contributed by atoms with van der Waals surface area (Å²) in [6, 6.07) is 15.1. The van der Waals surface area contributed by atoms with Crippen LogP contribution in [0.3, 0.4) is 0 Å². The van der Waals surface area contributed by atoms with Gasteiger partial charge in [-0.2, -0.15) is 0 Å². The van der Waals surface area contributed by atoms with E-state index in [-0.39, 0.29) is 0 Å². The van der Waals surface area contributed by atoms with Crippen molar-refractivity contribution in [2.45, 2.75) is 34.6 Å². The molecule has 0 radical (unpaired) electrons. The fourth-order valence-corrected chi connectivity index (χ4v) is 2.07. The van der Waals surface area contributed by atoms with Crippen molar-refractivity contribution in [3.05, 3.63) is 70.3 Å². The first-order valence-corrected chi connectivity index (χ1v) is 6.97. The third-order valence-electron chi connectivity index (χ3n) is 2.89. The maximum atomic E-state index is 2.21. The number of hydrogen-bond acceptors (Lipinski definition) is 0. The molecule has 19 heavy (non-hydrogen) atoms. The summed E-state index contributed by atoms with van der Waals surface area (Å²) in [5, 5.41) is 0. The number of rotatable bonds is 2. The Morgan fingerprint density at radius 2 is 1.32 bits per heavy atom. The fraction of sp³-hybridized carbons (Fsp3) is 0.263. The molecule has 2 aromatic carbocycles. The highest BCUT2D eigenvalue weighted by Crippen LogP contribution is 2.14. The molecule has 0 heteroatoms. The molecule has 2 aromatic rings. The van der Waals surface area contributed by atoms with Crippen LogP contribution in [0.25, 0.3) is 12.2 Å². The zero-order valence-corrected chi connectivity index (χ0v) is 12.7. The molecule has 0 unspecified atom stereocenters. The Hall–Kier alpha value is -1.82. The minimum absolute atomic E-state index is 1.27. The van der Waals surface area contributed by atoms with Crippen LogP contribution in [0.1, 0.15) is 41.7 Å². The van der Waals surface area contributed by atoms with E-state index in [2.05, 4.69) is 75.4 Å². The lowest BCUT2D eigenvalue weighted by Crippen LogP contribution is -1.81. The molecule has 0 aliphatic rings. The molecule has 0 nitrogen and oxygen atoms in total. The minimum atomic E-state index is 1.27. The molecule has 0 amide bonds. The standard InChI is InChI=1S/C17H18.C2H6/c1-13-10-14(2)12-16(11-13)8-9-17-7-5-4-6-15(17)3;1-2/h4-12H,1-3H3;1-2H3/b9-8+;. The molecule has 100 valence electrons. The topological polar surface area (TPSA) is 0 Å². The molecular weight excluding hydrogens is 228 g/mol. The first kappa shape index (κ1) is 15.2. The monoisotopic (exact) mass is 252 g/mol. The van der Waals surface area contributed by atoms with Gasteiger partial charge in [0.15, 0.2) is 0 Å². The molecule has 0 heterocycles. The minimum Gasteiger partial charge on any atom is -0.0683 e. The van der Waals surface area contributed by atoms with Gasteiger partial charge in [-0.05, 0) is 37.5 Å². The Kier molecular flexibility index (Phi) is 6.08. The lowest BCUT2D eigenvalue weighted by molar-refractivity contribution is 1.37. The van der Waals surface area contributed by atoms with Crippen molar-refractivity contribution in [2.75, 3.05) is 0 Å². The van der Waals surface area contributed by atoms with Gasteiger partial charge in [-0.25, -0.2) is 0 Å². The summed E-state index contributed by atoms with van der Waals surface area (Å²) in [6.45, 7) is 10.4. The molecule has 0 atom stereocenters. The van der Waals surface area contributed by atoms with Crippen molar-refractivity contribution in [3.63, 3.8) is 0 Å². The SMILES string of the molecule is CC.Cc1cc(C)cc(/C=C/c2ccccc2C)c1. The average Bonchev–Trinajstić information content (AvgIpc) is 2.39. The second-order valence-electron chi connectivity index (χ2n) is 4.61. The van der Waals surface area contributed by atoms with Crippen LogP contribution in [0.4, 0.5) is 0 Å². The van der Waals surface area contributed by atoms with Gasteiger partial charge in [-0.15, -0.1) is 0 Å². The quantitative estimate of drug-likeness (QED) is 0.592. The first-order valence-electron chi connectivity index (χ1n) is 6.97. The summed E-state index contributed by atoms with van der Waals surface area (Å²) in [4.78, 5) is 0. The van der Waals surface area contributed by atoms with E-state index in [1.54, 1.807) is 0 Å². The molecule has 0 bridgehead atoms. The van der Waals surface area contributed by atoms with Crippen LogP contribution in [-0.4, -0.2) is 0 Å². The molecule has 2 rings (SSSR count).